The fourth-order valence-electron chi connectivity index (χ4n) is 5.90. The van der Waals surface area contributed by atoms with Crippen molar-refractivity contribution >= 4 is 35.6 Å². The van der Waals surface area contributed by atoms with Gasteiger partial charge in [-0.25, -0.2) is 0 Å². The van der Waals surface area contributed by atoms with Gasteiger partial charge in [0.25, 0.3) is 0 Å². The average Bonchev–Trinajstić information content (AvgIpc) is 3.09. The van der Waals surface area contributed by atoms with Crippen LogP contribution >= 0.6 is 0 Å². The third-order valence-electron chi connectivity index (χ3n) is 8.89. The largest absolute Gasteiger partial charge is 0.480 e. The lowest BCUT2D eigenvalue weighted by Crippen LogP contribution is -2.50. The van der Waals surface area contributed by atoms with Crippen LogP contribution in [0.25, 0.3) is 0 Å². The molecular weight excluding hydrogens is 686 g/mol. The summed E-state index contributed by atoms with van der Waals surface area (Å²) in [6.07, 6.45) is 5.64. The molecule has 1 fully saturated rings. The quantitative estimate of drug-likeness (QED) is 0.0696. The molecule has 1 atom stereocenters. The van der Waals surface area contributed by atoms with Gasteiger partial charge in [-0.3, -0.25) is 48.4 Å². The minimum Gasteiger partial charge on any atom is -0.480 e. The van der Waals surface area contributed by atoms with Crippen molar-refractivity contribution in [3.63, 3.8) is 0 Å². The van der Waals surface area contributed by atoms with Crippen LogP contribution in [-0.2, 0) is 35.2 Å². The Kier molecular flexibility index (Phi) is 21.6. The summed E-state index contributed by atoms with van der Waals surface area (Å²) < 4.78 is 0. The van der Waals surface area contributed by atoms with E-state index in [1.165, 1.54) is 5.56 Å². The molecule has 16 nitrogen and oxygen atoms in total. The standard InChI is InChI=1S/C37H59N7O9/c1-3-4-5-15-39-37(53)31(40-32(45)10-6-8-30-13-11-29(2)12-14-30)9-7-16-38-33(46)25-41-17-19-42(26-34(47)48)21-23-44(28-36(51)52)24-22-43(20-18-41)27-35(49)50/h3,11-14,31H,1,4-10,15-28H2,2H3,(H,38,46)(H,39,53)(H,40,45)(H,47,48)(H,49,50)(H,51,52)/t31-/m1/s1. The Hall–Kier alpha value is -4.38. The number of nitrogens with zero attached hydrogens (tertiary/aromatic N) is 4. The predicted octanol–water partition coefficient (Wildman–Crippen LogP) is 0.257. The number of unbranched alkanes of at least 4 members (excludes halogenated alkanes) is 1. The molecule has 1 aliphatic rings. The first-order chi connectivity index (χ1) is 25.3. The van der Waals surface area contributed by atoms with Crippen LogP contribution in [0.2, 0.25) is 0 Å². The number of amides is 3. The molecule has 0 aromatic heterocycles. The second-order valence-electron chi connectivity index (χ2n) is 13.5. The lowest BCUT2D eigenvalue weighted by molar-refractivity contribution is -0.140. The molecule has 1 aromatic carbocycles. The number of hydrogen-bond acceptors (Lipinski definition) is 10. The molecule has 1 aliphatic heterocycles. The zero-order chi connectivity index (χ0) is 39.0. The molecule has 1 aromatic rings. The van der Waals surface area contributed by atoms with Crippen molar-refractivity contribution in [2.45, 2.75) is 57.9 Å². The molecule has 1 heterocycles. The highest BCUT2D eigenvalue weighted by atomic mass is 16.4. The van der Waals surface area contributed by atoms with Crippen LogP contribution in [0, 0.1) is 6.92 Å². The first kappa shape index (κ1) is 44.8. The molecule has 0 spiro atoms. The Morgan fingerprint density at radius 2 is 1.15 bits per heavy atom. The highest BCUT2D eigenvalue weighted by Crippen LogP contribution is 2.08. The summed E-state index contributed by atoms with van der Waals surface area (Å²) in [6.45, 7) is 8.02. The zero-order valence-electron chi connectivity index (χ0n) is 31.1. The molecule has 0 unspecified atom stereocenters. The maximum absolute atomic E-state index is 13.1. The van der Waals surface area contributed by atoms with Crippen molar-refractivity contribution in [2.75, 3.05) is 91.6 Å². The van der Waals surface area contributed by atoms with Crippen molar-refractivity contribution in [1.29, 1.82) is 0 Å². The topological polar surface area (TPSA) is 212 Å². The summed E-state index contributed by atoms with van der Waals surface area (Å²) in [6, 6.07) is 7.39. The Morgan fingerprint density at radius 1 is 0.679 bits per heavy atom. The molecule has 0 aliphatic carbocycles. The number of allylic oxidation sites excluding steroid dienone is 1. The average molecular weight is 746 g/mol. The number of rotatable bonds is 22. The second kappa shape index (κ2) is 25.6. The minimum absolute atomic E-state index is 0.0160. The number of carbonyl (C=O) groups is 6. The number of aliphatic carboxylic acids is 3. The lowest BCUT2D eigenvalue weighted by Gasteiger charge is -2.32. The first-order valence-corrected chi connectivity index (χ1v) is 18.4. The van der Waals surface area contributed by atoms with E-state index in [2.05, 4.69) is 22.5 Å². The van der Waals surface area contributed by atoms with E-state index in [4.69, 9.17) is 0 Å². The Morgan fingerprint density at radius 3 is 1.62 bits per heavy atom. The molecule has 2 rings (SSSR count). The van der Waals surface area contributed by atoms with Gasteiger partial charge in [-0.05, 0) is 51.0 Å². The molecular formula is C37H59N7O9. The third kappa shape index (κ3) is 21.0. The van der Waals surface area contributed by atoms with E-state index in [9.17, 15) is 44.1 Å². The van der Waals surface area contributed by atoms with Gasteiger partial charge in [0.2, 0.25) is 17.7 Å². The van der Waals surface area contributed by atoms with Gasteiger partial charge in [-0.2, -0.15) is 0 Å². The Bertz CT molecular complexity index is 1300. The van der Waals surface area contributed by atoms with E-state index < -0.39 is 23.9 Å². The highest BCUT2D eigenvalue weighted by molar-refractivity contribution is 5.87. The van der Waals surface area contributed by atoms with Crippen LogP contribution in [0.3, 0.4) is 0 Å². The molecule has 296 valence electrons. The molecule has 6 N–H and O–H groups in total. The normalized spacial score (nSPS) is 16.0. The van der Waals surface area contributed by atoms with Gasteiger partial charge in [-0.15, -0.1) is 6.58 Å². The molecule has 53 heavy (non-hydrogen) atoms. The number of carboxylic acid groups (broad SMARTS) is 3. The number of nitrogens with one attached hydrogen (secondary N) is 3. The fraction of sp³-hybridized carbons (Fsp3) is 0.622. The monoisotopic (exact) mass is 745 g/mol. The van der Waals surface area contributed by atoms with Crippen LogP contribution in [0.5, 0.6) is 0 Å². The van der Waals surface area contributed by atoms with Gasteiger partial charge < -0.3 is 31.3 Å². The Labute approximate surface area is 312 Å². The summed E-state index contributed by atoms with van der Waals surface area (Å²) in [5, 5.41) is 36.9. The number of carboxylic acids is 3. The van der Waals surface area contributed by atoms with Gasteiger partial charge in [0.05, 0.1) is 26.2 Å². The van der Waals surface area contributed by atoms with Crippen LogP contribution in [0.1, 0.15) is 49.7 Å². The van der Waals surface area contributed by atoms with E-state index in [-0.39, 0.29) is 83.0 Å². The molecule has 16 heteroatoms. The van der Waals surface area contributed by atoms with Crippen LogP contribution in [-0.4, -0.2) is 168 Å². The van der Waals surface area contributed by atoms with E-state index in [1.54, 1.807) is 20.8 Å². The first-order valence-electron chi connectivity index (χ1n) is 18.4. The van der Waals surface area contributed by atoms with Crippen LogP contribution in [0.4, 0.5) is 0 Å². The van der Waals surface area contributed by atoms with E-state index in [0.717, 1.165) is 24.8 Å². The third-order valence-corrected chi connectivity index (χ3v) is 8.89. The molecule has 0 bridgehead atoms. The van der Waals surface area contributed by atoms with Crippen molar-refractivity contribution in [3.8, 4) is 0 Å². The SMILES string of the molecule is C=CCCCNC(=O)[C@@H](CCCNC(=O)CN1CCN(CC(=O)O)CCN(CC(=O)O)CCN(CC(=O)O)CC1)NC(=O)CCCc1ccc(C)cc1. The van der Waals surface area contributed by atoms with Gasteiger partial charge >= 0.3 is 17.9 Å². The summed E-state index contributed by atoms with van der Waals surface area (Å²) in [5.74, 6) is -3.87. The van der Waals surface area contributed by atoms with Crippen molar-refractivity contribution in [2.24, 2.45) is 0 Å². The molecule has 1 saturated heterocycles. The van der Waals surface area contributed by atoms with E-state index in [1.807, 2.05) is 36.1 Å². The van der Waals surface area contributed by atoms with Crippen LogP contribution < -0.4 is 16.0 Å². The van der Waals surface area contributed by atoms with E-state index in [0.29, 0.717) is 52.0 Å². The van der Waals surface area contributed by atoms with Gasteiger partial charge in [0.15, 0.2) is 0 Å². The number of carbonyl (C=O) groups excluding carboxylic acids is 3. The summed E-state index contributed by atoms with van der Waals surface area (Å²) in [7, 11) is 0. The number of hydrogen-bond donors (Lipinski definition) is 6. The maximum atomic E-state index is 13.1. The van der Waals surface area contributed by atoms with Crippen LogP contribution in [0.15, 0.2) is 36.9 Å². The van der Waals surface area contributed by atoms with Gasteiger partial charge in [-0.1, -0.05) is 35.9 Å². The number of aryl methyl sites for hydroxylation is 2. The van der Waals surface area contributed by atoms with E-state index >= 15 is 0 Å². The summed E-state index contributed by atoms with van der Waals surface area (Å²) >= 11 is 0. The van der Waals surface area contributed by atoms with Crippen molar-refractivity contribution < 1.29 is 44.1 Å². The van der Waals surface area contributed by atoms with Crippen molar-refractivity contribution in [3.05, 3.63) is 48.0 Å². The van der Waals surface area contributed by atoms with Crippen molar-refractivity contribution in [1.82, 2.24) is 35.6 Å². The maximum Gasteiger partial charge on any atom is 0.317 e. The summed E-state index contributed by atoms with van der Waals surface area (Å²) in [4.78, 5) is 80.3. The lowest BCUT2D eigenvalue weighted by atomic mass is 10.1. The minimum atomic E-state index is -1.03. The number of benzene rings is 1. The molecule has 0 radical (unpaired) electrons. The molecule has 0 saturated carbocycles. The zero-order valence-corrected chi connectivity index (χ0v) is 31.1. The molecule has 3 amide bonds. The smallest absolute Gasteiger partial charge is 0.317 e. The predicted molar refractivity (Wildman–Crippen MR) is 199 cm³/mol. The second-order valence-corrected chi connectivity index (χ2v) is 13.5. The Balaban J connectivity index is 1.97. The fourth-order valence-corrected chi connectivity index (χ4v) is 5.90. The van der Waals surface area contributed by atoms with Gasteiger partial charge in [0.1, 0.15) is 6.04 Å². The van der Waals surface area contributed by atoms with Gasteiger partial charge in [0, 0.05) is 71.9 Å². The summed E-state index contributed by atoms with van der Waals surface area (Å²) in [5.41, 5.74) is 2.31. The highest BCUT2D eigenvalue weighted by Gasteiger charge is 2.22.